The Kier molecular flexibility index (Phi) is 6.45. The number of halogens is 2. The van der Waals surface area contributed by atoms with Gasteiger partial charge >= 0.3 is 0 Å². The smallest absolute Gasteiger partial charge is 0.230 e. The van der Waals surface area contributed by atoms with E-state index in [9.17, 15) is 13.6 Å². The topological polar surface area (TPSA) is 38.3 Å². The van der Waals surface area contributed by atoms with Crippen molar-refractivity contribution in [3.8, 4) is 0 Å². The van der Waals surface area contributed by atoms with E-state index in [-0.39, 0.29) is 16.6 Å². The van der Waals surface area contributed by atoms with Gasteiger partial charge in [0.15, 0.2) is 0 Å². The molecule has 116 valence electrons. The van der Waals surface area contributed by atoms with E-state index >= 15 is 0 Å². The second kappa shape index (κ2) is 8.34. The third-order valence-electron chi connectivity index (χ3n) is 3.09. The Hall–Kier alpha value is -1.14. The van der Waals surface area contributed by atoms with Gasteiger partial charge in [0, 0.05) is 30.7 Å². The molecule has 0 radical (unpaired) electrons. The van der Waals surface area contributed by atoms with E-state index in [2.05, 4.69) is 5.32 Å². The van der Waals surface area contributed by atoms with Crippen molar-refractivity contribution in [2.24, 2.45) is 5.92 Å². The standard InChI is InChI=1S/C15H19F2NO2S/c16-12-4-5-14(13(17)8-12)21-10-15(19)18-6-1-7-20-9-11-2-3-11/h4-5,8,11H,1-3,6-7,9-10H2,(H,18,19). The summed E-state index contributed by atoms with van der Waals surface area (Å²) in [5.41, 5.74) is 0. The van der Waals surface area contributed by atoms with Crippen molar-refractivity contribution in [3.63, 3.8) is 0 Å². The Morgan fingerprint density at radius 3 is 2.90 bits per heavy atom. The molecule has 0 heterocycles. The zero-order valence-electron chi connectivity index (χ0n) is 11.7. The molecule has 0 bridgehead atoms. The number of nitrogens with one attached hydrogen (secondary N) is 1. The fraction of sp³-hybridized carbons (Fsp3) is 0.533. The van der Waals surface area contributed by atoms with Crippen LogP contribution in [0.1, 0.15) is 19.3 Å². The molecular formula is C15H19F2NO2S. The molecule has 1 N–H and O–H groups in total. The molecule has 0 aromatic heterocycles. The summed E-state index contributed by atoms with van der Waals surface area (Å²) in [5.74, 6) is -0.549. The molecule has 1 saturated carbocycles. The summed E-state index contributed by atoms with van der Waals surface area (Å²) in [4.78, 5) is 11.9. The van der Waals surface area contributed by atoms with Crippen molar-refractivity contribution in [2.45, 2.75) is 24.2 Å². The van der Waals surface area contributed by atoms with Crippen molar-refractivity contribution in [3.05, 3.63) is 29.8 Å². The molecule has 0 saturated heterocycles. The summed E-state index contributed by atoms with van der Waals surface area (Å²) in [6.45, 7) is 2.03. The van der Waals surface area contributed by atoms with Gasteiger partial charge in [0.1, 0.15) is 11.6 Å². The molecule has 21 heavy (non-hydrogen) atoms. The van der Waals surface area contributed by atoms with Crippen LogP contribution in [-0.4, -0.2) is 31.4 Å². The number of rotatable bonds is 9. The van der Waals surface area contributed by atoms with Gasteiger partial charge in [0.25, 0.3) is 0 Å². The molecular weight excluding hydrogens is 296 g/mol. The summed E-state index contributed by atoms with van der Waals surface area (Å²) in [6.07, 6.45) is 3.32. The zero-order valence-corrected chi connectivity index (χ0v) is 12.6. The minimum atomic E-state index is -0.638. The lowest BCUT2D eigenvalue weighted by Crippen LogP contribution is -2.27. The number of thioether (sulfide) groups is 1. The molecule has 0 unspecified atom stereocenters. The first-order valence-electron chi connectivity index (χ1n) is 7.07. The number of carbonyl (C=O) groups excluding carboxylic acids is 1. The van der Waals surface area contributed by atoms with Gasteiger partial charge < -0.3 is 10.1 Å². The third kappa shape index (κ3) is 6.44. The number of hydrogen-bond acceptors (Lipinski definition) is 3. The highest BCUT2D eigenvalue weighted by Gasteiger charge is 2.20. The first kappa shape index (κ1) is 16.2. The van der Waals surface area contributed by atoms with Crippen LogP contribution >= 0.6 is 11.8 Å². The van der Waals surface area contributed by atoms with E-state index in [1.54, 1.807) is 0 Å². The Morgan fingerprint density at radius 2 is 2.19 bits per heavy atom. The molecule has 1 aliphatic carbocycles. The lowest BCUT2D eigenvalue weighted by molar-refractivity contribution is -0.118. The van der Waals surface area contributed by atoms with Gasteiger partial charge in [-0.25, -0.2) is 8.78 Å². The maximum Gasteiger partial charge on any atom is 0.230 e. The average Bonchev–Trinajstić information content (AvgIpc) is 3.26. The Bertz CT molecular complexity index is 481. The Morgan fingerprint density at radius 1 is 1.38 bits per heavy atom. The lowest BCUT2D eigenvalue weighted by atomic mass is 10.3. The van der Waals surface area contributed by atoms with Crippen LogP contribution in [0.4, 0.5) is 8.78 Å². The van der Waals surface area contributed by atoms with Crippen LogP contribution in [-0.2, 0) is 9.53 Å². The molecule has 0 spiro atoms. The number of hydrogen-bond donors (Lipinski definition) is 1. The van der Waals surface area contributed by atoms with Crippen LogP contribution in [0.2, 0.25) is 0 Å². The fourth-order valence-electron chi connectivity index (χ4n) is 1.72. The van der Waals surface area contributed by atoms with Crippen LogP contribution in [0, 0.1) is 17.6 Å². The van der Waals surface area contributed by atoms with Crippen molar-refractivity contribution in [1.82, 2.24) is 5.32 Å². The van der Waals surface area contributed by atoms with Crippen LogP contribution < -0.4 is 5.32 Å². The van der Waals surface area contributed by atoms with E-state index < -0.39 is 11.6 Å². The quantitative estimate of drug-likeness (QED) is 0.562. The summed E-state index contributed by atoms with van der Waals surface area (Å²) in [5, 5.41) is 2.75. The van der Waals surface area contributed by atoms with Crippen molar-refractivity contribution in [2.75, 3.05) is 25.5 Å². The minimum absolute atomic E-state index is 0.117. The van der Waals surface area contributed by atoms with Gasteiger partial charge in [-0.15, -0.1) is 11.8 Å². The van der Waals surface area contributed by atoms with Gasteiger partial charge in [0.2, 0.25) is 5.91 Å². The van der Waals surface area contributed by atoms with Crippen LogP contribution in [0.15, 0.2) is 23.1 Å². The summed E-state index contributed by atoms with van der Waals surface area (Å²) >= 11 is 1.06. The molecule has 1 aliphatic rings. The molecule has 1 amide bonds. The lowest BCUT2D eigenvalue weighted by Gasteiger charge is -2.06. The third-order valence-corrected chi connectivity index (χ3v) is 4.14. The van der Waals surface area contributed by atoms with Gasteiger partial charge in [0.05, 0.1) is 5.75 Å². The van der Waals surface area contributed by atoms with Crippen molar-refractivity contribution < 1.29 is 18.3 Å². The number of carbonyl (C=O) groups is 1. The number of ether oxygens (including phenoxy) is 1. The van der Waals surface area contributed by atoms with E-state index in [1.807, 2.05) is 0 Å². The number of benzene rings is 1. The molecule has 0 atom stereocenters. The highest BCUT2D eigenvalue weighted by atomic mass is 32.2. The Labute approximate surface area is 127 Å². The summed E-state index contributed by atoms with van der Waals surface area (Å²) < 4.78 is 31.5. The van der Waals surface area contributed by atoms with Crippen molar-refractivity contribution >= 4 is 17.7 Å². The average molecular weight is 315 g/mol. The SMILES string of the molecule is O=C(CSc1ccc(F)cc1F)NCCCOCC1CC1. The maximum atomic E-state index is 13.4. The van der Waals surface area contributed by atoms with Gasteiger partial charge in [-0.1, -0.05) is 0 Å². The van der Waals surface area contributed by atoms with E-state index in [0.717, 1.165) is 36.8 Å². The molecule has 0 aliphatic heterocycles. The minimum Gasteiger partial charge on any atom is -0.381 e. The largest absolute Gasteiger partial charge is 0.381 e. The monoisotopic (exact) mass is 315 g/mol. The molecule has 2 rings (SSSR count). The second-order valence-corrected chi connectivity index (χ2v) is 6.10. The molecule has 1 aromatic carbocycles. The normalized spacial score (nSPS) is 14.2. The van der Waals surface area contributed by atoms with Crippen molar-refractivity contribution in [1.29, 1.82) is 0 Å². The molecule has 1 aromatic rings. The molecule has 1 fully saturated rings. The predicted octanol–water partition coefficient (Wildman–Crippen LogP) is 2.99. The highest BCUT2D eigenvalue weighted by molar-refractivity contribution is 8.00. The van der Waals surface area contributed by atoms with Crippen LogP contribution in [0.5, 0.6) is 0 Å². The van der Waals surface area contributed by atoms with Gasteiger partial charge in [-0.2, -0.15) is 0 Å². The second-order valence-electron chi connectivity index (χ2n) is 5.09. The zero-order chi connectivity index (χ0) is 15.1. The van der Waals surface area contributed by atoms with Crippen LogP contribution in [0.3, 0.4) is 0 Å². The van der Waals surface area contributed by atoms with Crippen LogP contribution in [0.25, 0.3) is 0 Å². The first-order valence-corrected chi connectivity index (χ1v) is 8.06. The van der Waals surface area contributed by atoms with Gasteiger partial charge in [-0.05, 0) is 37.3 Å². The van der Waals surface area contributed by atoms with E-state index in [1.165, 1.54) is 25.0 Å². The highest BCUT2D eigenvalue weighted by Crippen LogP contribution is 2.28. The maximum absolute atomic E-state index is 13.4. The fourth-order valence-corrected chi connectivity index (χ4v) is 2.47. The summed E-state index contributed by atoms with van der Waals surface area (Å²) in [7, 11) is 0. The first-order chi connectivity index (χ1) is 10.1. The van der Waals surface area contributed by atoms with Gasteiger partial charge in [-0.3, -0.25) is 4.79 Å². The molecule has 6 heteroatoms. The van der Waals surface area contributed by atoms with E-state index in [4.69, 9.17) is 4.74 Å². The predicted molar refractivity (Wildman–Crippen MR) is 78.3 cm³/mol. The Balaban J connectivity index is 1.54. The number of amides is 1. The molecule has 3 nitrogen and oxygen atoms in total. The van der Waals surface area contributed by atoms with E-state index in [0.29, 0.717) is 13.2 Å². The summed E-state index contributed by atoms with van der Waals surface area (Å²) in [6, 6.07) is 3.34.